The van der Waals surface area contributed by atoms with Crippen molar-refractivity contribution < 1.29 is 0 Å². The quantitative estimate of drug-likeness (QED) is 0.698. The fourth-order valence-electron chi connectivity index (χ4n) is 2.26. The smallest absolute Gasteiger partial charge is 0.0669 e. The molecule has 94 valence electrons. The minimum absolute atomic E-state index is 0.186. The molecule has 1 unspecified atom stereocenters. The summed E-state index contributed by atoms with van der Waals surface area (Å²) >= 11 is 0. The fraction of sp³-hybridized carbons (Fsp3) is 0.846. The lowest BCUT2D eigenvalue weighted by molar-refractivity contribution is 0.125. The molecule has 1 saturated heterocycles. The third kappa shape index (κ3) is 5.17. The Morgan fingerprint density at radius 3 is 2.29 bits per heavy atom. The maximum absolute atomic E-state index is 9.03. The standard InChI is InChI=1S/C13H22N4/c1-2-4-13(11-15)12-17-9-7-16(8-10-17)6-3-5-14/h13H,2-4,6-10,12H2,1H3. The molecule has 1 aliphatic heterocycles. The maximum atomic E-state index is 9.03. The number of piperazine rings is 1. The van der Waals surface area contributed by atoms with Gasteiger partial charge in [-0.2, -0.15) is 10.5 Å². The van der Waals surface area contributed by atoms with E-state index in [0.29, 0.717) is 6.42 Å². The molecule has 0 aromatic carbocycles. The summed E-state index contributed by atoms with van der Waals surface area (Å²) in [4.78, 5) is 4.72. The first-order valence-corrected chi connectivity index (χ1v) is 6.51. The summed E-state index contributed by atoms with van der Waals surface area (Å²) in [5, 5.41) is 17.6. The normalized spacial score (nSPS) is 19.5. The number of hydrogen-bond acceptors (Lipinski definition) is 4. The van der Waals surface area contributed by atoms with Crippen LogP contribution in [0.1, 0.15) is 26.2 Å². The molecule has 4 heteroatoms. The molecule has 0 aromatic rings. The predicted octanol–water partition coefficient (Wildman–Crippen LogP) is 1.46. The van der Waals surface area contributed by atoms with Gasteiger partial charge in [-0.1, -0.05) is 13.3 Å². The van der Waals surface area contributed by atoms with E-state index in [1.807, 2.05) is 0 Å². The van der Waals surface area contributed by atoms with Crippen molar-refractivity contribution in [1.82, 2.24) is 9.80 Å². The molecule has 0 aromatic heterocycles. The van der Waals surface area contributed by atoms with Gasteiger partial charge in [-0.3, -0.25) is 9.80 Å². The van der Waals surface area contributed by atoms with Gasteiger partial charge in [0.1, 0.15) is 0 Å². The van der Waals surface area contributed by atoms with Gasteiger partial charge in [0.25, 0.3) is 0 Å². The van der Waals surface area contributed by atoms with E-state index in [2.05, 4.69) is 28.9 Å². The van der Waals surface area contributed by atoms with Gasteiger partial charge >= 0.3 is 0 Å². The van der Waals surface area contributed by atoms with Crippen LogP contribution in [-0.2, 0) is 0 Å². The molecule has 0 radical (unpaired) electrons. The zero-order valence-electron chi connectivity index (χ0n) is 10.7. The second-order valence-corrected chi connectivity index (χ2v) is 4.67. The van der Waals surface area contributed by atoms with Crippen molar-refractivity contribution in [3.05, 3.63) is 0 Å². The Morgan fingerprint density at radius 1 is 1.12 bits per heavy atom. The topological polar surface area (TPSA) is 54.1 Å². The van der Waals surface area contributed by atoms with Crippen LogP contribution in [0.25, 0.3) is 0 Å². The molecule has 0 saturated carbocycles. The lowest BCUT2D eigenvalue weighted by atomic mass is 10.0. The van der Waals surface area contributed by atoms with Crippen molar-refractivity contribution in [2.24, 2.45) is 5.92 Å². The van der Waals surface area contributed by atoms with Crippen LogP contribution >= 0.6 is 0 Å². The third-order valence-electron chi connectivity index (χ3n) is 3.30. The number of nitrogens with zero attached hydrogens (tertiary/aromatic N) is 4. The van der Waals surface area contributed by atoms with Crippen LogP contribution in [0, 0.1) is 28.6 Å². The van der Waals surface area contributed by atoms with Gasteiger partial charge in [0.05, 0.1) is 18.1 Å². The highest BCUT2D eigenvalue weighted by Crippen LogP contribution is 2.10. The van der Waals surface area contributed by atoms with Gasteiger partial charge in [-0.25, -0.2) is 0 Å². The Balaban J connectivity index is 2.23. The van der Waals surface area contributed by atoms with Crippen molar-refractivity contribution in [3.63, 3.8) is 0 Å². The number of hydrogen-bond donors (Lipinski definition) is 0. The Kier molecular flexibility index (Phi) is 6.62. The van der Waals surface area contributed by atoms with Gasteiger partial charge in [-0.05, 0) is 6.42 Å². The molecule has 1 rings (SSSR count). The van der Waals surface area contributed by atoms with E-state index in [1.165, 1.54) is 0 Å². The maximum Gasteiger partial charge on any atom is 0.0669 e. The van der Waals surface area contributed by atoms with E-state index in [4.69, 9.17) is 10.5 Å². The van der Waals surface area contributed by atoms with Gasteiger partial charge in [0.2, 0.25) is 0 Å². The molecule has 0 amide bonds. The molecule has 17 heavy (non-hydrogen) atoms. The first kappa shape index (κ1) is 14.0. The molecule has 4 nitrogen and oxygen atoms in total. The summed E-state index contributed by atoms with van der Waals surface area (Å²) in [7, 11) is 0. The van der Waals surface area contributed by atoms with Crippen molar-refractivity contribution in [3.8, 4) is 12.1 Å². The minimum Gasteiger partial charge on any atom is -0.300 e. The van der Waals surface area contributed by atoms with Gasteiger partial charge < -0.3 is 0 Å². The zero-order valence-corrected chi connectivity index (χ0v) is 10.7. The first-order chi connectivity index (χ1) is 8.30. The van der Waals surface area contributed by atoms with Crippen molar-refractivity contribution in [2.45, 2.75) is 26.2 Å². The second kappa shape index (κ2) is 8.06. The van der Waals surface area contributed by atoms with Crippen LogP contribution < -0.4 is 0 Å². The Hall–Kier alpha value is -1.10. The molecular weight excluding hydrogens is 212 g/mol. The van der Waals surface area contributed by atoms with E-state index < -0.39 is 0 Å². The molecule has 1 heterocycles. The van der Waals surface area contributed by atoms with E-state index in [1.54, 1.807) is 0 Å². The van der Waals surface area contributed by atoms with Gasteiger partial charge in [0, 0.05) is 45.7 Å². The van der Waals surface area contributed by atoms with Crippen LogP contribution in [0.3, 0.4) is 0 Å². The van der Waals surface area contributed by atoms with E-state index in [0.717, 1.165) is 52.1 Å². The molecule has 1 atom stereocenters. The van der Waals surface area contributed by atoms with Gasteiger partial charge in [0.15, 0.2) is 0 Å². The van der Waals surface area contributed by atoms with Crippen molar-refractivity contribution in [1.29, 1.82) is 10.5 Å². The summed E-state index contributed by atoms with van der Waals surface area (Å²) in [6.07, 6.45) is 2.71. The summed E-state index contributed by atoms with van der Waals surface area (Å²) in [6, 6.07) is 4.58. The van der Waals surface area contributed by atoms with Crippen LogP contribution in [0.15, 0.2) is 0 Å². The van der Waals surface area contributed by atoms with Crippen LogP contribution in [0.2, 0.25) is 0 Å². The average Bonchev–Trinajstić information content (AvgIpc) is 2.37. The molecular formula is C13H22N4. The Labute approximate surface area is 104 Å². The highest BCUT2D eigenvalue weighted by Gasteiger charge is 2.19. The van der Waals surface area contributed by atoms with Crippen molar-refractivity contribution >= 4 is 0 Å². The van der Waals surface area contributed by atoms with Crippen molar-refractivity contribution in [2.75, 3.05) is 39.3 Å². The van der Waals surface area contributed by atoms with E-state index in [9.17, 15) is 0 Å². The van der Waals surface area contributed by atoms with Crippen LogP contribution in [0.5, 0.6) is 0 Å². The fourth-order valence-corrected chi connectivity index (χ4v) is 2.26. The highest BCUT2D eigenvalue weighted by atomic mass is 15.3. The van der Waals surface area contributed by atoms with Crippen LogP contribution in [-0.4, -0.2) is 49.1 Å². The zero-order chi connectivity index (χ0) is 12.5. The monoisotopic (exact) mass is 234 g/mol. The summed E-state index contributed by atoms with van der Waals surface area (Å²) in [6.45, 7) is 8.07. The molecule has 1 aliphatic rings. The lowest BCUT2D eigenvalue weighted by Gasteiger charge is -2.35. The highest BCUT2D eigenvalue weighted by molar-refractivity contribution is 4.86. The largest absolute Gasteiger partial charge is 0.300 e. The number of nitriles is 2. The average molecular weight is 234 g/mol. The molecule has 0 aliphatic carbocycles. The summed E-state index contributed by atoms with van der Waals surface area (Å²) < 4.78 is 0. The summed E-state index contributed by atoms with van der Waals surface area (Å²) in [5.74, 6) is 0.186. The predicted molar refractivity (Wildman–Crippen MR) is 67.1 cm³/mol. The third-order valence-corrected chi connectivity index (χ3v) is 3.30. The van der Waals surface area contributed by atoms with Crippen LogP contribution in [0.4, 0.5) is 0 Å². The summed E-state index contributed by atoms with van der Waals surface area (Å²) in [5.41, 5.74) is 0. The number of rotatable bonds is 6. The molecule has 1 fully saturated rings. The Bertz CT molecular complexity index is 281. The first-order valence-electron chi connectivity index (χ1n) is 6.51. The van der Waals surface area contributed by atoms with Gasteiger partial charge in [-0.15, -0.1) is 0 Å². The Morgan fingerprint density at radius 2 is 1.76 bits per heavy atom. The molecule has 0 bridgehead atoms. The SMILES string of the molecule is CCCC(C#N)CN1CCN(CCC#N)CC1. The van der Waals surface area contributed by atoms with E-state index in [-0.39, 0.29) is 5.92 Å². The lowest BCUT2D eigenvalue weighted by Crippen LogP contribution is -2.47. The molecule has 0 spiro atoms. The minimum atomic E-state index is 0.186. The molecule has 0 N–H and O–H groups in total. The van der Waals surface area contributed by atoms with E-state index >= 15 is 0 Å². The second-order valence-electron chi connectivity index (χ2n) is 4.67.